The molecule has 0 aliphatic rings. The molecule has 8 nitrogen and oxygen atoms in total. The van der Waals surface area contributed by atoms with E-state index in [0.29, 0.717) is 0 Å². The van der Waals surface area contributed by atoms with Gasteiger partial charge in [-0.15, -0.1) is 0 Å². The SMILES string of the molecule is CC(O)C(N)CNS(=O)(=O)c1ccc(Cl)cc1[N+](=O)[O-]. The molecule has 20 heavy (non-hydrogen) atoms. The van der Waals surface area contributed by atoms with Gasteiger partial charge in [0.2, 0.25) is 10.0 Å². The number of aliphatic hydroxyl groups is 1. The largest absolute Gasteiger partial charge is 0.392 e. The van der Waals surface area contributed by atoms with Crippen LogP contribution in [-0.2, 0) is 10.0 Å². The van der Waals surface area contributed by atoms with Gasteiger partial charge in [0.05, 0.1) is 11.0 Å². The maximum atomic E-state index is 12.0. The number of hydrogen-bond donors (Lipinski definition) is 3. The summed E-state index contributed by atoms with van der Waals surface area (Å²) in [6.45, 7) is 1.16. The zero-order chi connectivity index (χ0) is 15.5. The van der Waals surface area contributed by atoms with Crippen molar-refractivity contribution >= 4 is 27.3 Å². The summed E-state index contributed by atoms with van der Waals surface area (Å²) in [6, 6.07) is 2.40. The van der Waals surface area contributed by atoms with Gasteiger partial charge in [0.1, 0.15) is 0 Å². The van der Waals surface area contributed by atoms with Crippen molar-refractivity contribution in [2.24, 2.45) is 5.73 Å². The highest BCUT2D eigenvalue weighted by atomic mass is 35.5. The van der Waals surface area contributed by atoms with Gasteiger partial charge in [0, 0.05) is 23.7 Å². The minimum absolute atomic E-state index is 0.0522. The lowest BCUT2D eigenvalue weighted by Gasteiger charge is -2.15. The molecule has 0 fully saturated rings. The average molecular weight is 324 g/mol. The predicted octanol–water partition coefficient (Wildman–Crippen LogP) is 0.235. The first-order chi connectivity index (χ1) is 9.15. The van der Waals surface area contributed by atoms with E-state index in [2.05, 4.69) is 4.72 Å². The highest BCUT2D eigenvalue weighted by molar-refractivity contribution is 7.89. The molecule has 0 saturated carbocycles. The van der Waals surface area contributed by atoms with Gasteiger partial charge >= 0.3 is 0 Å². The summed E-state index contributed by atoms with van der Waals surface area (Å²) in [5.41, 5.74) is 4.86. The first-order valence-electron chi connectivity index (χ1n) is 5.52. The molecule has 0 aliphatic carbocycles. The number of aliphatic hydroxyl groups excluding tert-OH is 1. The smallest absolute Gasteiger partial charge is 0.290 e. The van der Waals surface area contributed by atoms with Crippen LogP contribution in [0.2, 0.25) is 5.02 Å². The van der Waals surface area contributed by atoms with E-state index < -0.39 is 37.7 Å². The third kappa shape index (κ3) is 4.12. The van der Waals surface area contributed by atoms with Gasteiger partial charge in [-0.1, -0.05) is 11.6 Å². The molecular formula is C10H14ClN3O5S. The molecule has 0 heterocycles. The number of benzene rings is 1. The van der Waals surface area contributed by atoms with Crippen molar-refractivity contribution in [1.82, 2.24) is 4.72 Å². The second-order valence-corrected chi connectivity index (χ2v) is 6.30. The van der Waals surface area contributed by atoms with Gasteiger partial charge in [0.25, 0.3) is 5.69 Å². The predicted molar refractivity (Wildman–Crippen MR) is 73.0 cm³/mol. The number of sulfonamides is 1. The number of nitrogens with two attached hydrogens (primary N) is 1. The summed E-state index contributed by atoms with van der Waals surface area (Å²) in [4.78, 5) is 9.51. The molecule has 2 unspecified atom stereocenters. The number of rotatable bonds is 6. The Bertz CT molecular complexity index is 605. The van der Waals surface area contributed by atoms with Crippen molar-refractivity contribution in [3.63, 3.8) is 0 Å². The molecule has 1 aromatic carbocycles. The molecule has 0 aromatic heterocycles. The topological polar surface area (TPSA) is 136 Å². The highest BCUT2D eigenvalue weighted by Crippen LogP contribution is 2.26. The number of hydrogen-bond acceptors (Lipinski definition) is 6. The number of nitro benzene ring substituents is 1. The van der Waals surface area contributed by atoms with Crippen LogP contribution in [0.5, 0.6) is 0 Å². The summed E-state index contributed by atoms with van der Waals surface area (Å²) < 4.78 is 26.1. The summed E-state index contributed by atoms with van der Waals surface area (Å²) in [5.74, 6) is 0. The summed E-state index contributed by atoms with van der Waals surface area (Å²) >= 11 is 5.61. The van der Waals surface area contributed by atoms with Crippen molar-refractivity contribution in [2.75, 3.05) is 6.54 Å². The molecule has 4 N–H and O–H groups in total. The average Bonchev–Trinajstić information content (AvgIpc) is 2.35. The molecule has 0 radical (unpaired) electrons. The van der Waals surface area contributed by atoms with Gasteiger partial charge in [-0.3, -0.25) is 10.1 Å². The third-order valence-corrected chi connectivity index (χ3v) is 4.24. The molecule has 112 valence electrons. The maximum Gasteiger partial charge on any atom is 0.290 e. The molecule has 0 aliphatic heterocycles. The molecule has 1 rings (SSSR count). The summed E-state index contributed by atoms with van der Waals surface area (Å²) in [7, 11) is -4.12. The Kier molecular flexibility index (Phi) is 5.42. The normalized spacial score (nSPS) is 14.8. The monoisotopic (exact) mass is 323 g/mol. The molecule has 0 saturated heterocycles. The fraction of sp³-hybridized carbons (Fsp3) is 0.400. The number of halogens is 1. The standard InChI is InChI=1S/C10H14ClN3O5S/c1-6(15)8(12)5-13-20(18,19)10-3-2-7(11)4-9(10)14(16)17/h2-4,6,8,13,15H,5,12H2,1H3. The van der Waals surface area contributed by atoms with Gasteiger partial charge in [-0.2, -0.15) is 0 Å². The summed E-state index contributed by atoms with van der Waals surface area (Å²) in [6.07, 6.45) is -0.919. The van der Waals surface area contributed by atoms with E-state index >= 15 is 0 Å². The minimum atomic E-state index is -4.12. The first kappa shape index (κ1) is 16.8. The number of nitrogens with one attached hydrogen (secondary N) is 1. The van der Waals surface area contributed by atoms with Crippen LogP contribution in [-0.4, -0.2) is 37.1 Å². The van der Waals surface area contributed by atoms with Crippen molar-refractivity contribution in [2.45, 2.75) is 24.0 Å². The Labute approximate surface area is 120 Å². The van der Waals surface area contributed by atoms with Crippen LogP contribution in [0.4, 0.5) is 5.69 Å². The van der Waals surface area contributed by atoms with Crippen LogP contribution >= 0.6 is 11.6 Å². The quantitative estimate of drug-likeness (QED) is 0.506. The van der Waals surface area contributed by atoms with Gasteiger partial charge in [-0.25, -0.2) is 13.1 Å². The Morgan fingerprint density at radius 3 is 2.65 bits per heavy atom. The Morgan fingerprint density at radius 2 is 2.15 bits per heavy atom. The highest BCUT2D eigenvalue weighted by Gasteiger charge is 2.26. The van der Waals surface area contributed by atoms with Gasteiger partial charge < -0.3 is 10.8 Å². The van der Waals surface area contributed by atoms with Crippen LogP contribution in [0.25, 0.3) is 0 Å². The Morgan fingerprint density at radius 1 is 1.55 bits per heavy atom. The van der Waals surface area contributed by atoms with E-state index in [1.54, 1.807) is 0 Å². The lowest BCUT2D eigenvalue weighted by molar-refractivity contribution is -0.387. The van der Waals surface area contributed by atoms with E-state index in [1.807, 2.05) is 0 Å². The van der Waals surface area contributed by atoms with E-state index in [-0.39, 0.29) is 11.6 Å². The van der Waals surface area contributed by atoms with E-state index in [0.717, 1.165) is 12.1 Å². The van der Waals surface area contributed by atoms with Gasteiger partial charge in [-0.05, 0) is 19.1 Å². The van der Waals surface area contributed by atoms with Crippen molar-refractivity contribution in [3.8, 4) is 0 Å². The van der Waals surface area contributed by atoms with Crippen molar-refractivity contribution < 1.29 is 18.4 Å². The zero-order valence-corrected chi connectivity index (χ0v) is 12.1. The maximum absolute atomic E-state index is 12.0. The van der Waals surface area contributed by atoms with Crippen molar-refractivity contribution in [1.29, 1.82) is 0 Å². The molecular weight excluding hydrogens is 310 g/mol. The second kappa shape index (κ2) is 6.46. The zero-order valence-electron chi connectivity index (χ0n) is 10.5. The molecule has 0 bridgehead atoms. The Balaban J connectivity index is 3.07. The minimum Gasteiger partial charge on any atom is -0.392 e. The van der Waals surface area contributed by atoms with Crippen molar-refractivity contribution in [3.05, 3.63) is 33.3 Å². The molecule has 10 heteroatoms. The lowest BCUT2D eigenvalue weighted by Crippen LogP contribution is -2.43. The van der Waals surface area contributed by atoms with Crippen LogP contribution in [0.1, 0.15) is 6.92 Å². The molecule has 2 atom stereocenters. The van der Waals surface area contributed by atoms with Crippen LogP contribution < -0.4 is 10.5 Å². The van der Waals surface area contributed by atoms with E-state index in [1.165, 1.54) is 13.0 Å². The van der Waals surface area contributed by atoms with E-state index in [9.17, 15) is 23.6 Å². The summed E-state index contributed by atoms with van der Waals surface area (Å²) in [5, 5.41) is 20.1. The van der Waals surface area contributed by atoms with Crippen LogP contribution in [0.15, 0.2) is 23.1 Å². The van der Waals surface area contributed by atoms with Gasteiger partial charge in [0.15, 0.2) is 4.90 Å². The lowest BCUT2D eigenvalue weighted by atomic mass is 10.2. The fourth-order valence-corrected chi connectivity index (χ4v) is 2.70. The molecule has 1 aromatic rings. The number of nitrogens with zero attached hydrogens (tertiary/aromatic N) is 1. The Hall–Kier alpha value is -1.26. The van der Waals surface area contributed by atoms with Crippen LogP contribution in [0.3, 0.4) is 0 Å². The van der Waals surface area contributed by atoms with E-state index in [4.69, 9.17) is 17.3 Å². The first-order valence-corrected chi connectivity index (χ1v) is 7.38. The molecule has 0 spiro atoms. The number of nitro groups is 1. The molecule has 0 amide bonds. The third-order valence-electron chi connectivity index (χ3n) is 2.54. The second-order valence-electron chi connectivity index (χ2n) is 4.13. The fourth-order valence-electron chi connectivity index (χ4n) is 1.31. The van der Waals surface area contributed by atoms with Crippen LogP contribution in [0, 0.1) is 10.1 Å².